The first-order chi connectivity index (χ1) is 8.31. The van der Waals surface area contributed by atoms with Crippen LogP contribution in [0.5, 0.6) is 0 Å². The number of amides is 1. The van der Waals surface area contributed by atoms with Crippen LogP contribution in [-0.2, 0) is 4.79 Å². The first kappa shape index (κ1) is 16.4. The molecule has 0 heterocycles. The van der Waals surface area contributed by atoms with Gasteiger partial charge in [-0.15, -0.1) is 0 Å². The number of rotatable bonds is 12. The van der Waals surface area contributed by atoms with Crippen LogP contribution < -0.4 is 11.3 Å². The Morgan fingerprint density at radius 2 is 1.24 bits per heavy atom. The van der Waals surface area contributed by atoms with E-state index in [1.54, 1.807) is 0 Å². The van der Waals surface area contributed by atoms with Gasteiger partial charge in [-0.3, -0.25) is 10.2 Å². The van der Waals surface area contributed by atoms with E-state index in [1.807, 2.05) is 0 Å². The summed E-state index contributed by atoms with van der Waals surface area (Å²) in [6.07, 6.45) is 15.0. The summed E-state index contributed by atoms with van der Waals surface area (Å²) in [6.45, 7) is 2.25. The molecule has 0 aliphatic heterocycles. The fraction of sp³-hybridized carbons (Fsp3) is 0.929. The van der Waals surface area contributed by atoms with Gasteiger partial charge in [0.15, 0.2) is 0 Å². The van der Waals surface area contributed by atoms with Crippen molar-refractivity contribution in [2.45, 2.75) is 84.0 Å². The minimum atomic E-state index is -0.0408. The van der Waals surface area contributed by atoms with Gasteiger partial charge >= 0.3 is 0 Å². The van der Waals surface area contributed by atoms with Crippen LogP contribution in [0.3, 0.4) is 0 Å². The molecule has 0 spiro atoms. The summed E-state index contributed by atoms with van der Waals surface area (Å²) in [4.78, 5) is 10.8. The monoisotopic (exact) mass is 242 g/mol. The second-order valence-electron chi connectivity index (χ2n) is 4.85. The van der Waals surface area contributed by atoms with E-state index in [1.165, 1.54) is 57.8 Å². The van der Waals surface area contributed by atoms with Gasteiger partial charge in [-0.2, -0.15) is 0 Å². The molecule has 0 rings (SSSR count). The van der Waals surface area contributed by atoms with Gasteiger partial charge in [0.2, 0.25) is 5.91 Å². The molecule has 0 aromatic heterocycles. The Labute approximate surface area is 107 Å². The lowest BCUT2D eigenvalue weighted by Gasteiger charge is -2.02. The standard InChI is InChI=1S/C14H30N2O/c1-2-3-4-5-6-7-8-9-10-11-12-13-14(17)16-15/h2-13,15H2,1H3,(H,16,17). The van der Waals surface area contributed by atoms with Crippen LogP contribution in [0, 0.1) is 0 Å². The van der Waals surface area contributed by atoms with E-state index >= 15 is 0 Å². The molecule has 0 fully saturated rings. The summed E-state index contributed by atoms with van der Waals surface area (Å²) in [5, 5.41) is 0. The molecule has 0 unspecified atom stereocenters. The van der Waals surface area contributed by atoms with Crippen molar-refractivity contribution in [1.29, 1.82) is 0 Å². The van der Waals surface area contributed by atoms with Gasteiger partial charge in [0.05, 0.1) is 0 Å². The smallest absolute Gasteiger partial charge is 0.233 e. The molecule has 0 aliphatic carbocycles. The van der Waals surface area contributed by atoms with E-state index in [-0.39, 0.29) is 5.91 Å². The second-order valence-corrected chi connectivity index (χ2v) is 4.85. The molecule has 0 bridgehead atoms. The summed E-state index contributed by atoms with van der Waals surface area (Å²) >= 11 is 0. The molecule has 0 saturated heterocycles. The highest BCUT2D eigenvalue weighted by Gasteiger charge is 1.97. The van der Waals surface area contributed by atoms with Gasteiger partial charge in [0.1, 0.15) is 0 Å². The highest BCUT2D eigenvalue weighted by atomic mass is 16.2. The summed E-state index contributed by atoms with van der Waals surface area (Å²) in [7, 11) is 0. The molecule has 0 aliphatic rings. The average Bonchev–Trinajstić information content (AvgIpc) is 2.35. The minimum Gasteiger partial charge on any atom is -0.294 e. The Balaban J connectivity index is 2.96. The summed E-state index contributed by atoms with van der Waals surface area (Å²) < 4.78 is 0. The van der Waals surface area contributed by atoms with Crippen molar-refractivity contribution >= 4 is 5.91 Å². The lowest BCUT2D eigenvalue weighted by Crippen LogP contribution is -2.29. The Bertz CT molecular complexity index is 172. The Hall–Kier alpha value is -0.570. The number of hydrogen-bond donors (Lipinski definition) is 2. The van der Waals surface area contributed by atoms with E-state index in [4.69, 9.17) is 5.84 Å². The number of unbranched alkanes of at least 4 members (excludes halogenated alkanes) is 10. The average molecular weight is 242 g/mol. The van der Waals surface area contributed by atoms with Gasteiger partial charge in [0.25, 0.3) is 0 Å². The summed E-state index contributed by atoms with van der Waals surface area (Å²) in [5.41, 5.74) is 2.16. The van der Waals surface area contributed by atoms with E-state index in [9.17, 15) is 4.79 Å². The van der Waals surface area contributed by atoms with Gasteiger partial charge in [0, 0.05) is 6.42 Å². The van der Waals surface area contributed by atoms with Crippen LogP contribution in [0.2, 0.25) is 0 Å². The maximum Gasteiger partial charge on any atom is 0.233 e. The fourth-order valence-corrected chi connectivity index (χ4v) is 2.02. The molecule has 17 heavy (non-hydrogen) atoms. The van der Waals surface area contributed by atoms with Crippen molar-refractivity contribution < 1.29 is 4.79 Å². The molecule has 3 heteroatoms. The summed E-state index contributed by atoms with van der Waals surface area (Å²) in [5.74, 6) is 4.96. The van der Waals surface area contributed by atoms with Gasteiger partial charge in [-0.25, -0.2) is 5.84 Å². The third kappa shape index (κ3) is 13.4. The van der Waals surface area contributed by atoms with E-state index in [2.05, 4.69) is 12.3 Å². The molecule has 3 N–H and O–H groups in total. The van der Waals surface area contributed by atoms with Crippen molar-refractivity contribution in [3.63, 3.8) is 0 Å². The Morgan fingerprint density at radius 3 is 1.65 bits per heavy atom. The number of hydrogen-bond acceptors (Lipinski definition) is 2. The predicted octanol–water partition coefficient (Wildman–Crippen LogP) is 3.68. The number of carbonyl (C=O) groups is 1. The van der Waals surface area contributed by atoms with Crippen LogP contribution in [0.4, 0.5) is 0 Å². The zero-order chi connectivity index (χ0) is 12.8. The normalized spacial score (nSPS) is 10.5. The quantitative estimate of drug-likeness (QED) is 0.237. The third-order valence-electron chi connectivity index (χ3n) is 3.17. The van der Waals surface area contributed by atoms with Crippen LogP contribution in [-0.4, -0.2) is 5.91 Å². The van der Waals surface area contributed by atoms with Crippen molar-refractivity contribution in [2.24, 2.45) is 5.84 Å². The van der Waals surface area contributed by atoms with E-state index in [0.29, 0.717) is 6.42 Å². The minimum absolute atomic E-state index is 0.0408. The van der Waals surface area contributed by atoms with Crippen molar-refractivity contribution in [3.05, 3.63) is 0 Å². The number of nitrogens with two attached hydrogens (primary N) is 1. The number of nitrogens with one attached hydrogen (secondary N) is 1. The molecular weight excluding hydrogens is 212 g/mol. The fourth-order valence-electron chi connectivity index (χ4n) is 2.02. The van der Waals surface area contributed by atoms with Crippen LogP contribution >= 0.6 is 0 Å². The molecule has 0 aromatic rings. The lowest BCUT2D eigenvalue weighted by atomic mass is 10.1. The molecule has 0 saturated carbocycles. The maximum atomic E-state index is 10.8. The van der Waals surface area contributed by atoms with Crippen LogP contribution in [0.25, 0.3) is 0 Å². The van der Waals surface area contributed by atoms with Gasteiger partial charge in [-0.05, 0) is 6.42 Å². The zero-order valence-electron chi connectivity index (χ0n) is 11.5. The molecule has 0 atom stereocenters. The van der Waals surface area contributed by atoms with E-state index < -0.39 is 0 Å². The van der Waals surface area contributed by atoms with Gasteiger partial charge < -0.3 is 0 Å². The zero-order valence-corrected chi connectivity index (χ0v) is 11.5. The largest absolute Gasteiger partial charge is 0.294 e. The maximum absolute atomic E-state index is 10.8. The Morgan fingerprint density at radius 1 is 0.824 bits per heavy atom. The number of carbonyl (C=O) groups excluding carboxylic acids is 1. The molecule has 1 amide bonds. The van der Waals surface area contributed by atoms with Crippen molar-refractivity contribution in [1.82, 2.24) is 5.43 Å². The van der Waals surface area contributed by atoms with Crippen LogP contribution in [0.1, 0.15) is 84.0 Å². The highest BCUT2D eigenvalue weighted by Crippen LogP contribution is 2.11. The summed E-state index contributed by atoms with van der Waals surface area (Å²) in [6, 6.07) is 0. The highest BCUT2D eigenvalue weighted by molar-refractivity contribution is 5.74. The number of hydrazine groups is 1. The third-order valence-corrected chi connectivity index (χ3v) is 3.17. The first-order valence-electron chi connectivity index (χ1n) is 7.30. The van der Waals surface area contributed by atoms with Crippen LogP contribution in [0.15, 0.2) is 0 Å². The van der Waals surface area contributed by atoms with Crippen molar-refractivity contribution in [3.8, 4) is 0 Å². The molecule has 102 valence electrons. The first-order valence-corrected chi connectivity index (χ1v) is 7.30. The lowest BCUT2D eigenvalue weighted by molar-refractivity contribution is -0.121. The van der Waals surface area contributed by atoms with Crippen molar-refractivity contribution in [2.75, 3.05) is 0 Å². The molecular formula is C14H30N2O. The molecule has 0 radical (unpaired) electrons. The topological polar surface area (TPSA) is 55.1 Å². The second kappa shape index (κ2) is 13.5. The SMILES string of the molecule is CCCCCCCCCCCCCC(=O)NN. The predicted molar refractivity (Wildman–Crippen MR) is 73.4 cm³/mol. The molecule has 0 aromatic carbocycles. The molecule has 3 nitrogen and oxygen atoms in total. The van der Waals surface area contributed by atoms with Gasteiger partial charge in [-0.1, -0.05) is 71.1 Å². The van der Waals surface area contributed by atoms with E-state index in [0.717, 1.165) is 12.8 Å². The Kier molecular flexibility index (Phi) is 13.0.